The molecule has 152 valence electrons. The average Bonchev–Trinajstić information content (AvgIpc) is 3.28. The number of hydrogen-bond donors (Lipinski definition) is 0. The van der Waals surface area contributed by atoms with Crippen LogP contribution >= 0.6 is 19.6 Å². The number of benzene rings is 1. The van der Waals surface area contributed by atoms with Gasteiger partial charge in [0.15, 0.2) is 5.17 Å². The van der Waals surface area contributed by atoms with Gasteiger partial charge in [0.2, 0.25) is 0 Å². The van der Waals surface area contributed by atoms with Gasteiger partial charge in [0, 0.05) is 24.7 Å². The predicted molar refractivity (Wildman–Crippen MR) is 107 cm³/mol. The number of halogens is 1. The van der Waals surface area contributed by atoms with Gasteiger partial charge in [-0.1, -0.05) is 0 Å². The van der Waals surface area contributed by atoms with Crippen molar-refractivity contribution in [2.45, 2.75) is 26.7 Å². The number of likely N-dealkylation sites (tertiary alicyclic amines) is 1. The molecule has 2 aliphatic rings. The molecule has 7 nitrogen and oxygen atoms in total. The van der Waals surface area contributed by atoms with Gasteiger partial charge in [-0.25, -0.2) is 8.96 Å². The number of nitrogens with zero attached hydrogens (tertiary/aromatic N) is 2. The molecule has 0 N–H and O–H groups in total. The van der Waals surface area contributed by atoms with Crippen molar-refractivity contribution >= 4 is 36.7 Å². The molecule has 1 aromatic carbocycles. The Labute approximate surface area is 167 Å². The topological polar surface area (TPSA) is 77.4 Å². The number of carbonyl (C=O) groups excluding carboxylic acids is 1. The van der Waals surface area contributed by atoms with Crippen molar-refractivity contribution in [3.05, 3.63) is 34.5 Å². The Morgan fingerprint density at radius 2 is 1.93 bits per heavy atom. The SMILES string of the molecule is CCOP(=O)(OCC)Oc1cc(F)ccc1/C=C1\SC(N2CCCC2)=NC1=O. The molecule has 1 fully saturated rings. The molecule has 3 rings (SSSR count). The van der Waals surface area contributed by atoms with E-state index in [1.807, 2.05) is 0 Å². The Bertz CT molecular complexity index is 844. The van der Waals surface area contributed by atoms with Crippen LogP contribution in [0.5, 0.6) is 5.75 Å². The van der Waals surface area contributed by atoms with Crippen molar-refractivity contribution in [3.63, 3.8) is 0 Å². The number of rotatable bonds is 7. The number of amides is 1. The molecule has 0 spiro atoms. The number of thioether (sulfide) groups is 1. The molecule has 1 amide bonds. The van der Waals surface area contributed by atoms with Crippen LogP contribution in [0.2, 0.25) is 0 Å². The minimum atomic E-state index is -3.90. The number of hydrogen-bond acceptors (Lipinski definition) is 7. The molecular weight excluding hydrogens is 406 g/mol. The molecule has 28 heavy (non-hydrogen) atoms. The first-order valence-electron chi connectivity index (χ1n) is 9.10. The molecule has 0 radical (unpaired) electrons. The number of amidine groups is 1. The van der Waals surface area contributed by atoms with Crippen molar-refractivity contribution in [2.75, 3.05) is 26.3 Å². The third-order valence-corrected chi connectivity index (χ3v) is 6.65. The molecule has 0 atom stereocenters. The fourth-order valence-electron chi connectivity index (χ4n) is 2.82. The van der Waals surface area contributed by atoms with Gasteiger partial charge in [-0.15, -0.1) is 0 Å². The maximum Gasteiger partial charge on any atom is 0.530 e. The number of phosphoric acid groups is 1. The molecule has 1 saturated heterocycles. The highest BCUT2D eigenvalue weighted by atomic mass is 32.2. The maximum absolute atomic E-state index is 13.8. The number of aliphatic imine (C=N–C) groups is 1. The Morgan fingerprint density at radius 3 is 2.57 bits per heavy atom. The van der Waals surface area contributed by atoms with Crippen LogP contribution in [0.3, 0.4) is 0 Å². The quantitative estimate of drug-likeness (QED) is 0.469. The van der Waals surface area contributed by atoms with Crippen LogP contribution in [0.25, 0.3) is 6.08 Å². The van der Waals surface area contributed by atoms with Crippen LogP contribution in [0.1, 0.15) is 32.3 Å². The normalized spacial score (nSPS) is 18.8. The highest BCUT2D eigenvalue weighted by molar-refractivity contribution is 8.18. The monoisotopic (exact) mass is 428 g/mol. The van der Waals surface area contributed by atoms with E-state index in [2.05, 4.69) is 9.89 Å². The van der Waals surface area contributed by atoms with E-state index >= 15 is 0 Å². The molecule has 2 heterocycles. The van der Waals surface area contributed by atoms with Crippen molar-refractivity contribution in [2.24, 2.45) is 4.99 Å². The lowest BCUT2D eigenvalue weighted by Gasteiger charge is -2.18. The average molecular weight is 428 g/mol. The van der Waals surface area contributed by atoms with Crippen LogP contribution < -0.4 is 4.52 Å². The zero-order valence-electron chi connectivity index (χ0n) is 15.7. The van der Waals surface area contributed by atoms with E-state index in [0.29, 0.717) is 15.6 Å². The zero-order valence-corrected chi connectivity index (χ0v) is 17.4. The first-order valence-corrected chi connectivity index (χ1v) is 11.4. The lowest BCUT2D eigenvalue weighted by Crippen LogP contribution is -2.23. The van der Waals surface area contributed by atoms with E-state index in [4.69, 9.17) is 13.6 Å². The molecule has 0 bridgehead atoms. The molecule has 2 aliphatic heterocycles. The summed E-state index contributed by atoms with van der Waals surface area (Å²) < 4.78 is 42.1. The Hall–Kier alpha value is -1.67. The van der Waals surface area contributed by atoms with E-state index in [1.165, 1.54) is 23.9 Å². The van der Waals surface area contributed by atoms with Crippen LogP contribution in [0.4, 0.5) is 4.39 Å². The lowest BCUT2D eigenvalue weighted by atomic mass is 10.2. The fraction of sp³-hybridized carbons (Fsp3) is 0.444. The summed E-state index contributed by atoms with van der Waals surface area (Å²) in [7, 11) is -3.90. The summed E-state index contributed by atoms with van der Waals surface area (Å²) in [5.74, 6) is -0.961. The largest absolute Gasteiger partial charge is 0.530 e. The lowest BCUT2D eigenvalue weighted by molar-refractivity contribution is -0.113. The van der Waals surface area contributed by atoms with E-state index in [0.717, 1.165) is 32.0 Å². The van der Waals surface area contributed by atoms with Gasteiger partial charge in [-0.05, 0) is 56.7 Å². The highest BCUT2D eigenvalue weighted by Gasteiger charge is 2.30. The van der Waals surface area contributed by atoms with Crippen LogP contribution in [0.15, 0.2) is 28.1 Å². The summed E-state index contributed by atoms with van der Waals surface area (Å²) >= 11 is 1.27. The summed E-state index contributed by atoms with van der Waals surface area (Å²) in [5.41, 5.74) is 0.384. The van der Waals surface area contributed by atoms with Gasteiger partial charge in [0.05, 0.1) is 18.1 Å². The zero-order chi connectivity index (χ0) is 20.1. The fourth-order valence-corrected chi connectivity index (χ4v) is 4.98. The summed E-state index contributed by atoms with van der Waals surface area (Å²) in [6.07, 6.45) is 3.70. The second-order valence-corrected chi connectivity index (χ2v) is 8.66. The number of carbonyl (C=O) groups is 1. The van der Waals surface area contributed by atoms with Gasteiger partial charge in [-0.3, -0.25) is 13.8 Å². The van der Waals surface area contributed by atoms with Gasteiger partial charge in [0.25, 0.3) is 5.91 Å². The summed E-state index contributed by atoms with van der Waals surface area (Å²) in [6, 6.07) is 3.77. The maximum atomic E-state index is 13.8. The van der Waals surface area contributed by atoms with Crippen molar-refractivity contribution in [1.82, 2.24) is 4.90 Å². The minimum absolute atomic E-state index is 0.0271. The van der Waals surface area contributed by atoms with Crippen molar-refractivity contribution < 1.29 is 27.3 Å². The Morgan fingerprint density at radius 1 is 1.25 bits per heavy atom. The first kappa shape index (κ1) is 21.0. The van der Waals surface area contributed by atoms with E-state index in [1.54, 1.807) is 19.9 Å². The highest BCUT2D eigenvalue weighted by Crippen LogP contribution is 2.50. The summed E-state index contributed by atoms with van der Waals surface area (Å²) in [5, 5.41) is 0.674. The van der Waals surface area contributed by atoms with Gasteiger partial charge in [0.1, 0.15) is 11.6 Å². The third kappa shape index (κ3) is 5.03. The van der Waals surface area contributed by atoms with Crippen LogP contribution in [-0.2, 0) is 18.4 Å². The molecule has 0 aromatic heterocycles. The van der Waals surface area contributed by atoms with Gasteiger partial charge < -0.3 is 9.42 Å². The smallest absolute Gasteiger partial charge is 0.403 e. The molecule has 10 heteroatoms. The third-order valence-electron chi connectivity index (χ3n) is 4.03. The van der Waals surface area contributed by atoms with E-state index in [9.17, 15) is 13.8 Å². The van der Waals surface area contributed by atoms with Crippen LogP contribution in [0, 0.1) is 5.82 Å². The van der Waals surface area contributed by atoms with Gasteiger partial charge in [-0.2, -0.15) is 4.99 Å². The predicted octanol–water partition coefficient (Wildman–Crippen LogP) is 4.45. The standard InChI is InChI=1S/C18H22FN2O5PS/c1-3-24-27(23,25-4-2)26-15-12-14(19)8-7-13(15)11-16-17(22)20-18(28-16)21-9-5-6-10-21/h7-8,11-12H,3-6,9-10H2,1-2H3/b16-11-. The van der Waals surface area contributed by atoms with E-state index < -0.39 is 13.6 Å². The molecule has 0 unspecified atom stereocenters. The molecular formula is C18H22FN2O5PS. The van der Waals surface area contributed by atoms with Crippen LogP contribution in [-0.4, -0.2) is 42.3 Å². The second kappa shape index (κ2) is 9.22. The first-order chi connectivity index (χ1) is 13.4. The Balaban J connectivity index is 1.86. The van der Waals surface area contributed by atoms with Gasteiger partial charge >= 0.3 is 7.82 Å². The molecule has 0 aliphatic carbocycles. The molecule has 0 saturated carbocycles. The second-order valence-electron chi connectivity index (χ2n) is 6.06. The minimum Gasteiger partial charge on any atom is -0.403 e. The van der Waals surface area contributed by atoms with Crippen molar-refractivity contribution in [3.8, 4) is 5.75 Å². The van der Waals surface area contributed by atoms with E-state index in [-0.39, 0.29) is 24.9 Å². The summed E-state index contributed by atoms with van der Waals surface area (Å²) in [4.78, 5) is 18.9. The number of phosphoric ester groups is 1. The van der Waals surface area contributed by atoms with Crippen molar-refractivity contribution in [1.29, 1.82) is 0 Å². The summed E-state index contributed by atoms with van der Waals surface area (Å²) in [6.45, 7) is 5.25. The molecule has 1 aromatic rings. The Kier molecular flexibility index (Phi) is 6.93.